The maximum Gasteiger partial charge on any atom is 0.160 e. The lowest BCUT2D eigenvalue weighted by atomic mass is 10.3. The SMILES string of the molecule is CCc1nc2cc(C)cnc2n1CCO. The van der Waals surface area contributed by atoms with Crippen molar-refractivity contribution in [3.8, 4) is 0 Å². The van der Waals surface area contributed by atoms with Crippen molar-refractivity contribution in [3.63, 3.8) is 0 Å². The Bertz CT molecular complexity index is 476. The van der Waals surface area contributed by atoms with E-state index in [1.165, 1.54) is 0 Å². The zero-order valence-electron chi connectivity index (χ0n) is 9.06. The molecule has 0 aliphatic heterocycles. The fourth-order valence-electron chi connectivity index (χ4n) is 1.76. The van der Waals surface area contributed by atoms with E-state index in [2.05, 4.69) is 16.9 Å². The predicted octanol–water partition coefficient (Wildman–Crippen LogP) is 1.29. The topological polar surface area (TPSA) is 50.9 Å². The second-order valence-corrected chi connectivity index (χ2v) is 3.61. The molecular formula is C11H15N3O. The molecule has 80 valence electrons. The van der Waals surface area contributed by atoms with Crippen molar-refractivity contribution < 1.29 is 5.11 Å². The summed E-state index contributed by atoms with van der Waals surface area (Å²) in [6, 6.07) is 2.02. The quantitative estimate of drug-likeness (QED) is 0.821. The molecule has 0 amide bonds. The van der Waals surface area contributed by atoms with Crippen LogP contribution in [0.15, 0.2) is 12.3 Å². The summed E-state index contributed by atoms with van der Waals surface area (Å²) in [6.45, 7) is 4.74. The van der Waals surface area contributed by atoms with Crippen LogP contribution in [0.5, 0.6) is 0 Å². The highest BCUT2D eigenvalue weighted by Gasteiger charge is 2.09. The Morgan fingerprint density at radius 2 is 2.27 bits per heavy atom. The van der Waals surface area contributed by atoms with E-state index in [4.69, 9.17) is 5.11 Å². The minimum Gasteiger partial charge on any atom is -0.395 e. The third-order valence-corrected chi connectivity index (χ3v) is 2.44. The molecule has 4 heteroatoms. The van der Waals surface area contributed by atoms with E-state index in [0.29, 0.717) is 6.54 Å². The van der Waals surface area contributed by atoms with Gasteiger partial charge in [-0.05, 0) is 18.6 Å². The summed E-state index contributed by atoms with van der Waals surface area (Å²) in [5.74, 6) is 0.983. The zero-order chi connectivity index (χ0) is 10.8. The normalized spacial score (nSPS) is 11.1. The first kappa shape index (κ1) is 10.1. The van der Waals surface area contributed by atoms with Gasteiger partial charge >= 0.3 is 0 Å². The van der Waals surface area contributed by atoms with E-state index in [1.807, 2.05) is 23.8 Å². The number of aliphatic hydroxyl groups excluding tert-OH is 1. The van der Waals surface area contributed by atoms with Crippen LogP contribution in [-0.4, -0.2) is 26.2 Å². The largest absolute Gasteiger partial charge is 0.395 e. The molecule has 0 radical (unpaired) electrons. The van der Waals surface area contributed by atoms with Gasteiger partial charge in [0.05, 0.1) is 6.61 Å². The first-order chi connectivity index (χ1) is 7.26. The zero-order valence-corrected chi connectivity index (χ0v) is 9.06. The van der Waals surface area contributed by atoms with E-state index >= 15 is 0 Å². The van der Waals surface area contributed by atoms with Gasteiger partial charge in [-0.3, -0.25) is 0 Å². The summed E-state index contributed by atoms with van der Waals surface area (Å²) in [6.07, 6.45) is 2.69. The lowest BCUT2D eigenvalue weighted by Gasteiger charge is -2.04. The molecule has 0 aliphatic carbocycles. The molecular weight excluding hydrogens is 190 g/mol. The fraction of sp³-hybridized carbons (Fsp3) is 0.455. The number of nitrogens with zero attached hydrogens (tertiary/aromatic N) is 3. The number of aromatic nitrogens is 3. The van der Waals surface area contributed by atoms with E-state index in [0.717, 1.165) is 29.0 Å². The average molecular weight is 205 g/mol. The van der Waals surface area contributed by atoms with Crippen molar-refractivity contribution in [1.29, 1.82) is 0 Å². The molecule has 1 N–H and O–H groups in total. The lowest BCUT2D eigenvalue weighted by Crippen LogP contribution is -2.06. The molecule has 0 saturated carbocycles. The van der Waals surface area contributed by atoms with Gasteiger partial charge in [0.15, 0.2) is 5.65 Å². The molecule has 2 rings (SSSR count). The summed E-state index contributed by atoms with van der Waals surface area (Å²) in [5.41, 5.74) is 2.89. The average Bonchev–Trinajstić information content (AvgIpc) is 2.56. The summed E-state index contributed by atoms with van der Waals surface area (Å²) < 4.78 is 1.98. The van der Waals surface area contributed by atoms with Gasteiger partial charge in [0.2, 0.25) is 0 Å². The minimum atomic E-state index is 0.119. The Hall–Kier alpha value is -1.42. The first-order valence-corrected chi connectivity index (χ1v) is 5.19. The maximum absolute atomic E-state index is 9.00. The second-order valence-electron chi connectivity index (χ2n) is 3.61. The Morgan fingerprint density at radius 3 is 2.93 bits per heavy atom. The van der Waals surface area contributed by atoms with E-state index in [1.54, 1.807) is 0 Å². The molecule has 0 aliphatic rings. The summed E-state index contributed by atoms with van der Waals surface area (Å²) >= 11 is 0. The number of imidazole rings is 1. The van der Waals surface area contributed by atoms with Crippen LogP contribution in [-0.2, 0) is 13.0 Å². The van der Waals surface area contributed by atoms with E-state index in [-0.39, 0.29) is 6.61 Å². The van der Waals surface area contributed by atoms with Crippen LogP contribution in [0.1, 0.15) is 18.3 Å². The molecule has 15 heavy (non-hydrogen) atoms. The van der Waals surface area contributed by atoms with Crippen molar-refractivity contribution in [3.05, 3.63) is 23.7 Å². The molecule has 4 nitrogen and oxygen atoms in total. The Kier molecular flexibility index (Phi) is 2.68. The van der Waals surface area contributed by atoms with Crippen LogP contribution < -0.4 is 0 Å². The highest BCUT2D eigenvalue weighted by molar-refractivity contribution is 5.72. The smallest absolute Gasteiger partial charge is 0.160 e. The molecule has 0 spiro atoms. The second kappa shape index (κ2) is 3.98. The summed E-state index contributed by atoms with van der Waals surface area (Å²) in [4.78, 5) is 8.86. The maximum atomic E-state index is 9.00. The highest BCUT2D eigenvalue weighted by Crippen LogP contribution is 2.15. The van der Waals surface area contributed by atoms with Gasteiger partial charge in [0.25, 0.3) is 0 Å². The fourth-order valence-corrected chi connectivity index (χ4v) is 1.76. The van der Waals surface area contributed by atoms with E-state index in [9.17, 15) is 0 Å². The van der Waals surface area contributed by atoms with Gasteiger partial charge in [-0.1, -0.05) is 6.92 Å². The Morgan fingerprint density at radius 1 is 1.47 bits per heavy atom. The third kappa shape index (κ3) is 1.72. The number of aryl methyl sites for hydroxylation is 2. The van der Waals surface area contributed by atoms with Crippen molar-refractivity contribution in [1.82, 2.24) is 14.5 Å². The summed E-state index contributed by atoms with van der Waals surface area (Å²) in [7, 11) is 0. The van der Waals surface area contributed by atoms with Gasteiger partial charge in [0, 0.05) is 19.2 Å². The van der Waals surface area contributed by atoms with E-state index < -0.39 is 0 Å². The number of rotatable bonds is 3. The first-order valence-electron chi connectivity index (χ1n) is 5.19. The van der Waals surface area contributed by atoms with Crippen molar-refractivity contribution in [2.24, 2.45) is 0 Å². The van der Waals surface area contributed by atoms with Crippen molar-refractivity contribution in [2.75, 3.05) is 6.61 Å². The van der Waals surface area contributed by atoms with Gasteiger partial charge in [-0.2, -0.15) is 0 Å². The number of pyridine rings is 1. The van der Waals surface area contributed by atoms with Gasteiger partial charge in [0.1, 0.15) is 11.3 Å². The minimum absolute atomic E-state index is 0.119. The number of hydrogen-bond donors (Lipinski definition) is 1. The highest BCUT2D eigenvalue weighted by atomic mass is 16.3. The van der Waals surface area contributed by atoms with Crippen LogP contribution in [0, 0.1) is 6.92 Å². The molecule has 0 aromatic carbocycles. The molecule has 0 unspecified atom stereocenters. The molecule has 2 aromatic heterocycles. The van der Waals surface area contributed by atoms with Gasteiger partial charge in [-0.15, -0.1) is 0 Å². The summed E-state index contributed by atoms with van der Waals surface area (Å²) in [5, 5.41) is 9.00. The Balaban J connectivity index is 2.63. The van der Waals surface area contributed by atoms with Crippen molar-refractivity contribution >= 4 is 11.2 Å². The number of hydrogen-bond acceptors (Lipinski definition) is 3. The molecule has 2 aromatic rings. The van der Waals surface area contributed by atoms with Gasteiger partial charge in [-0.25, -0.2) is 9.97 Å². The van der Waals surface area contributed by atoms with Crippen LogP contribution >= 0.6 is 0 Å². The molecule has 0 atom stereocenters. The van der Waals surface area contributed by atoms with Gasteiger partial charge < -0.3 is 9.67 Å². The Labute approximate surface area is 88.6 Å². The van der Waals surface area contributed by atoms with Crippen LogP contribution in [0.2, 0.25) is 0 Å². The van der Waals surface area contributed by atoms with Crippen LogP contribution in [0.3, 0.4) is 0 Å². The molecule has 0 bridgehead atoms. The van der Waals surface area contributed by atoms with Crippen LogP contribution in [0.25, 0.3) is 11.2 Å². The number of aliphatic hydroxyl groups is 1. The molecule has 0 fully saturated rings. The lowest BCUT2D eigenvalue weighted by molar-refractivity contribution is 0.276. The number of fused-ring (bicyclic) bond motifs is 1. The monoisotopic (exact) mass is 205 g/mol. The molecule has 0 saturated heterocycles. The third-order valence-electron chi connectivity index (χ3n) is 2.44. The predicted molar refractivity (Wildman–Crippen MR) is 58.7 cm³/mol. The molecule has 2 heterocycles. The standard InChI is InChI=1S/C11H15N3O/c1-3-10-13-9-6-8(2)7-12-11(9)14(10)4-5-15/h6-7,15H,3-5H2,1-2H3. The van der Waals surface area contributed by atoms with Crippen LogP contribution in [0.4, 0.5) is 0 Å². The van der Waals surface area contributed by atoms with Crippen molar-refractivity contribution in [2.45, 2.75) is 26.8 Å².